The van der Waals surface area contributed by atoms with E-state index in [9.17, 15) is 15.0 Å². The standard InChI is InChI=1S/C5H5ClN3O3/c1-3-2-4(9(11)12)5(6)8(10)7-3/h2H,1H3,(H,7,10)/q+1. The summed E-state index contributed by atoms with van der Waals surface area (Å²) in [6.07, 6.45) is 0. The lowest BCUT2D eigenvalue weighted by Crippen LogP contribution is -2.22. The number of nitrogens with zero attached hydrogens (tertiary/aromatic N) is 2. The smallest absolute Gasteiger partial charge is 0.258 e. The Morgan fingerprint density at radius 1 is 1.75 bits per heavy atom. The zero-order chi connectivity index (χ0) is 9.30. The molecule has 1 aromatic rings. The first-order chi connectivity index (χ1) is 5.52. The molecule has 0 aliphatic heterocycles. The average molecular weight is 191 g/mol. The number of H-pyrrole nitrogens is 1. The van der Waals surface area contributed by atoms with E-state index in [-0.39, 0.29) is 4.54 Å². The van der Waals surface area contributed by atoms with Crippen molar-refractivity contribution in [2.24, 2.45) is 0 Å². The molecule has 12 heavy (non-hydrogen) atoms. The van der Waals surface area contributed by atoms with Crippen molar-refractivity contribution in [1.29, 1.82) is 0 Å². The van der Waals surface area contributed by atoms with E-state index in [1.807, 2.05) is 0 Å². The SMILES string of the molecule is Cc1cc([N+](=O)[O-])c(Cl)[n+](=O)[nH]1. The number of aryl methyl sites for hydroxylation is 1. The molecule has 0 amide bonds. The maximum Gasteiger partial charge on any atom is 0.437 e. The number of nitro groups is 1. The summed E-state index contributed by atoms with van der Waals surface area (Å²) in [6, 6.07) is 1.19. The van der Waals surface area contributed by atoms with Gasteiger partial charge in [-0.05, 0) is 6.92 Å². The molecule has 7 heteroatoms. The Labute approximate surface area is 71.5 Å². The summed E-state index contributed by atoms with van der Waals surface area (Å²) in [7, 11) is 0. The predicted molar refractivity (Wildman–Crippen MR) is 40.6 cm³/mol. The maximum absolute atomic E-state index is 10.8. The molecule has 1 heterocycles. The fraction of sp³-hybridized carbons (Fsp3) is 0.200. The van der Waals surface area contributed by atoms with Gasteiger partial charge in [-0.15, -0.1) is 5.10 Å². The lowest BCUT2D eigenvalue weighted by Gasteiger charge is -1.88. The molecule has 0 unspecified atom stereocenters. The highest BCUT2D eigenvalue weighted by molar-refractivity contribution is 6.30. The third-order valence-electron chi connectivity index (χ3n) is 1.22. The van der Waals surface area contributed by atoms with Gasteiger partial charge in [-0.2, -0.15) is 0 Å². The Bertz CT molecular complexity index is 386. The molecule has 0 spiro atoms. The van der Waals surface area contributed by atoms with Crippen molar-refractivity contribution in [3.63, 3.8) is 0 Å². The summed E-state index contributed by atoms with van der Waals surface area (Å²) in [4.78, 5) is 20.4. The van der Waals surface area contributed by atoms with Crippen LogP contribution in [0.25, 0.3) is 0 Å². The van der Waals surface area contributed by atoms with Crippen LogP contribution < -0.4 is 4.54 Å². The molecule has 1 rings (SSSR count). The maximum atomic E-state index is 10.8. The van der Waals surface area contributed by atoms with Crippen LogP contribution in [0, 0.1) is 21.9 Å². The van der Waals surface area contributed by atoms with Crippen LogP contribution in [0.5, 0.6) is 0 Å². The van der Waals surface area contributed by atoms with Gasteiger partial charge in [-0.25, -0.2) is 0 Å². The molecule has 0 bridgehead atoms. The van der Waals surface area contributed by atoms with Gasteiger partial charge in [0, 0.05) is 17.7 Å². The van der Waals surface area contributed by atoms with Crippen molar-refractivity contribution in [2.45, 2.75) is 6.92 Å². The van der Waals surface area contributed by atoms with Crippen LogP contribution in [0.15, 0.2) is 6.07 Å². The second-order valence-electron chi connectivity index (χ2n) is 2.17. The first kappa shape index (κ1) is 8.66. The van der Waals surface area contributed by atoms with Crippen LogP contribution in [0.1, 0.15) is 5.69 Å². The van der Waals surface area contributed by atoms with Crippen LogP contribution >= 0.6 is 11.6 Å². The van der Waals surface area contributed by atoms with Crippen molar-refractivity contribution in [2.75, 3.05) is 0 Å². The van der Waals surface area contributed by atoms with Crippen LogP contribution in [0.4, 0.5) is 5.69 Å². The summed E-state index contributed by atoms with van der Waals surface area (Å²) < 4.78 is 0.148. The number of halogens is 1. The molecule has 0 aliphatic rings. The van der Waals surface area contributed by atoms with Crippen molar-refractivity contribution in [1.82, 2.24) is 5.10 Å². The Hall–Kier alpha value is -1.43. The number of aromatic amines is 1. The molecular weight excluding hydrogens is 186 g/mol. The predicted octanol–water partition coefficient (Wildman–Crippen LogP) is 0.799. The van der Waals surface area contributed by atoms with Crippen LogP contribution in [-0.4, -0.2) is 10.0 Å². The fourth-order valence-corrected chi connectivity index (χ4v) is 0.904. The first-order valence-corrected chi connectivity index (χ1v) is 3.36. The normalized spacial score (nSPS) is 9.83. The summed E-state index contributed by atoms with van der Waals surface area (Å²) in [5.74, 6) is 0. The van der Waals surface area contributed by atoms with E-state index in [1.54, 1.807) is 0 Å². The third kappa shape index (κ3) is 1.42. The Balaban J connectivity index is 3.48. The molecule has 64 valence electrons. The molecule has 0 radical (unpaired) electrons. The molecule has 0 aliphatic carbocycles. The second kappa shape index (κ2) is 2.90. The van der Waals surface area contributed by atoms with Crippen LogP contribution in [0.3, 0.4) is 0 Å². The van der Waals surface area contributed by atoms with Crippen LogP contribution in [0.2, 0.25) is 5.15 Å². The topological polar surface area (TPSA) is 81.9 Å². The summed E-state index contributed by atoms with van der Waals surface area (Å²) in [5, 5.41) is 12.1. The average Bonchev–Trinajstić information content (AvgIpc) is 1.96. The van der Waals surface area contributed by atoms with Crippen molar-refractivity contribution in [3.8, 4) is 0 Å². The number of nitrogens with one attached hydrogen (secondary N) is 1. The third-order valence-corrected chi connectivity index (χ3v) is 1.56. The number of hydrogen-bond donors (Lipinski definition) is 1. The Kier molecular flexibility index (Phi) is 2.09. The molecule has 0 saturated carbocycles. The molecule has 0 fully saturated rings. The van der Waals surface area contributed by atoms with Gasteiger partial charge >= 0.3 is 10.8 Å². The van der Waals surface area contributed by atoms with E-state index >= 15 is 0 Å². The number of rotatable bonds is 1. The fourth-order valence-electron chi connectivity index (χ4n) is 0.738. The van der Waals surface area contributed by atoms with Crippen molar-refractivity contribution in [3.05, 3.63) is 31.9 Å². The largest absolute Gasteiger partial charge is 0.437 e. The van der Waals surface area contributed by atoms with Gasteiger partial charge in [0.25, 0.3) is 0 Å². The lowest BCUT2D eigenvalue weighted by molar-refractivity contribution is -0.568. The minimum Gasteiger partial charge on any atom is -0.258 e. The van der Waals surface area contributed by atoms with Crippen LogP contribution in [-0.2, 0) is 0 Å². The van der Waals surface area contributed by atoms with Gasteiger partial charge in [0.05, 0.1) is 15.5 Å². The first-order valence-electron chi connectivity index (χ1n) is 2.98. The number of hydrogen-bond acceptors (Lipinski definition) is 3. The van der Waals surface area contributed by atoms with Gasteiger partial charge in [0.15, 0.2) is 4.54 Å². The zero-order valence-electron chi connectivity index (χ0n) is 6.07. The lowest BCUT2D eigenvalue weighted by atomic mass is 10.4. The highest BCUT2D eigenvalue weighted by Crippen LogP contribution is 2.18. The van der Waals surface area contributed by atoms with Crippen molar-refractivity contribution < 1.29 is 9.47 Å². The quantitative estimate of drug-likeness (QED) is 0.404. The molecule has 0 atom stereocenters. The van der Waals surface area contributed by atoms with E-state index in [0.717, 1.165) is 0 Å². The van der Waals surface area contributed by atoms with E-state index in [0.29, 0.717) is 5.69 Å². The van der Waals surface area contributed by atoms with Gasteiger partial charge < -0.3 is 0 Å². The minimum atomic E-state index is -0.711. The van der Waals surface area contributed by atoms with Gasteiger partial charge in [-0.3, -0.25) is 10.1 Å². The molecule has 0 aromatic carbocycles. The Morgan fingerprint density at radius 3 is 2.83 bits per heavy atom. The van der Waals surface area contributed by atoms with Gasteiger partial charge in [0.1, 0.15) is 0 Å². The highest BCUT2D eigenvalue weighted by Gasteiger charge is 2.24. The molecule has 1 aromatic heterocycles. The molecule has 1 N–H and O–H groups in total. The molecular formula is C5H5ClN3O3+. The van der Waals surface area contributed by atoms with E-state index in [4.69, 9.17) is 11.6 Å². The summed E-state index contributed by atoms with van der Waals surface area (Å²) in [5.41, 5.74) is -0.0241. The summed E-state index contributed by atoms with van der Waals surface area (Å²) in [6.45, 7) is 1.53. The van der Waals surface area contributed by atoms with Gasteiger partial charge in [-0.1, -0.05) is 0 Å². The highest BCUT2D eigenvalue weighted by atomic mass is 35.5. The number of aromatic nitrogens is 2. The molecule has 6 nitrogen and oxygen atoms in total. The van der Waals surface area contributed by atoms with Gasteiger partial charge in [0.2, 0.25) is 0 Å². The zero-order valence-corrected chi connectivity index (χ0v) is 6.83. The minimum absolute atomic E-state index is 0.148. The van der Waals surface area contributed by atoms with E-state index in [1.165, 1.54) is 13.0 Å². The monoisotopic (exact) mass is 190 g/mol. The summed E-state index contributed by atoms with van der Waals surface area (Å²) >= 11 is 5.34. The van der Waals surface area contributed by atoms with E-state index < -0.39 is 15.8 Å². The van der Waals surface area contributed by atoms with Crippen molar-refractivity contribution >= 4 is 17.3 Å². The second-order valence-corrected chi connectivity index (χ2v) is 2.52. The van der Waals surface area contributed by atoms with E-state index in [2.05, 4.69) is 5.10 Å². The Morgan fingerprint density at radius 2 is 2.33 bits per heavy atom. The molecule has 0 saturated heterocycles.